The molecule has 0 fully saturated rings. The van der Waals surface area contributed by atoms with E-state index in [1.54, 1.807) is 0 Å². The summed E-state index contributed by atoms with van der Waals surface area (Å²) in [7, 11) is -9.91. The molecular formula is C68H128O17P2. The van der Waals surface area contributed by atoms with Crippen molar-refractivity contribution in [2.24, 2.45) is 17.8 Å². The first-order chi connectivity index (χ1) is 41.8. The van der Waals surface area contributed by atoms with E-state index < -0.39 is 97.5 Å². The number of carbonyl (C=O) groups excluding carboxylic acids is 4. The Morgan fingerprint density at radius 1 is 0.379 bits per heavy atom. The van der Waals surface area contributed by atoms with Gasteiger partial charge < -0.3 is 33.8 Å². The van der Waals surface area contributed by atoms with Crippen LogP contribution < -0.4 is 0 Å². The quantitative estimate of drug-likeness (QED) is 0.0169. The maximum atomic E-state index is 13.0. The third-order valence-electron chi connectivity index (χ3n) is 15.4. The highest BCUT2D eigenvalue weighted by atomic mass is 31.2. The topological polar surface area (TPSA) is 237 Å². The van der Waals surface area contributed by atoms with Crippen molar-refractivity contribution in [3.63, 3.8) is 0 Å². The second-order valence-corrected chi connectivity index (χ2v) is 28.0. The SMILES string of the molecule is CCCCCC/C=C\C=C/CCCCCCCC(=O)O[C@H](COC(=O)CCCCCCCCC(C)CC)COP(=O)(O)OCC(O)COP(=O)(O)OC[C@@H](COC(=O)CCCCCCCCCCC(C)C)OC(=O)CCCCCCCCCCC(C)C. The van der Waals surface area contributed by atoms with Crippen LogP contribution >= 0.6 is 15.6 Å². The van der Waals surface area contributed by atoms with Gasteiger partial charge in [-0.25, -0.2) is 9.13 Å². The molecule has 512 valence electrons. The number of hydrogen-bond acceptors (Lipinski definition) is 15. The summed E-state index contributed by atoms with van der Waals surface area (Å²) in [6.07, 6.45) is 44.0. The van der Waals surface area contributed by atoms with Crippen molar-refractivity contribution in [2.75, 3.05) is 39.6 Å². The number of esters is 4. The number of ether oxygens (including phenoxy) is 4. The first-order valence-electron chi connectivity index (χ1n) is 34.7. The Kier molecular flexibility index (Phi) is 57.0. The van der Waals surface area contributed by atoms with E-state index >= 15 is 0 Å². The molecule has 0 aliphatic rings. The third kappa shape index (κ3) is 60.9. The Hall–Kier alpha value is -2.46. The number of rotatable bonds is 64. The maximum absolute atomic E-state index is 13.0. The number of unbranched alkanes of at least 4 members (excludes halogenated alkanes) is 28. The van der Waals surface area contributed by atoms with Crippen molar-refractivity contribution in [1.82, 2.24) is 0 Å². The third-order valence-corrected chi connectivity index (χ3v) is 17.3. The molecule has 0 aliphatic heterocycles. The van der Waals surface area contributed by atoms with Gasteiger partial charge in [0.2, 0.25) is 0 Å². The summed E-state index contributed by atoms with van der Waals surface area (Å²) < 4.78 is 68.1. The van der Waals surface area contributed by atoms with Crippen molar-refractivity contribution in [3.05, 3.63) is 24.3 Å². The van der Waals surface area contributed by atoms with Crippen LogP contribution in [0.5, 0.6) is 0 Å². The van der Waals surface area contributed by atoms with Crippen molar-refractivity contribution in [2.45, 2.75) is 330 Å². The highest BCUT2D eigenvalue weighted by Gasteiger charge is 2.30. The van der Waals surface area contributed by atoms with E-state index in [-0.39, 0.29) is 25.7 Å². The summed E-state index contributed by atoms with van der Waals surface area (Å²) in [6.45, 7) is 11.6. The van der Waals surface area contributed by atoms with Crippen LogP contribution in [0.25, 0.3) is 0 Å². The van der Waals surface area contributed by atoms with Crippen LogP contribution in [0.1, 0.15) is 312 Å². The summed E-state index contributed by atoms with van der Waals surface area (Å²) >= 11 is 0. The molecule has 0 radical (unpaired) electrons. The van der Waals surface area contributed by atoms with Crippen LogP contribution in [0.15, 0.2) is 24.3 Å². The lowest BCUT2D eigenvalue weighted by Gasteiger charge is -2.21. The van der Waals surface area contributed by atoms with Crippen LogP contribution in [0.4, 0.5) is 0 Å². The van der Waals surface area contributed by atoms with Gasteiger partial charge in [0.15, 0.2) is 12.2 Å². The smallest absolute Gasteiger partial charge is 0.462 e. The lowest BCUT2D eigenvalue weighted by molar-refractivity contribution is -0.161. The fourth-order valence-electron chi connectivity index (χ4n) is 9.61. The summed E-state index contributed by atoms with van der Waals surface area (Å²) in [6, 6.07) is 0. The minimum absolute atomic E-state index is 0.0835. The van der Waals surface area contributed by atoms with Gasteiger partial charge in [0.1, 0.15) is 19.3 Å². The highest BCUT2D eigenvalue weighted by Crippen LogP contribution is 2.45. The molecule has 0 spiro atoms. The Morgan fingerprint density at radius 2 is 0.678 bits per heavy atom. The summed E-state index contributed by atoms with van der Waals surface area (Å²) in [5, 5.41) is 10.6. The molecule has 0 aliphatic carbocycles. The van der Waals surface area contributed by atoms with Crippen molar-refractivity contribution in [1.29, 1.82) is 0 Å². The fourth-order valence-corrected chi connectivity index (χ4v) is 11.2. The Morgan fingerprint density at radius 3 is 1.02 bits per heavy atom. The Bertz CT molecular complexity index is 1810. The standard InChI is InChI=1S/C68H128O17P2/c1-8-10-11-12-13-14-15-16-17-18-19-20-28-37-44-51-67(72)84-64(56-79-66(71)50-43-36-31-30-34-41-48-61(7)9-2)58-83-87(76,77)81-54-62(69)53-80-86(74,75)82-57-63(85-68(73)52-45-38-29-24-22-26-33-40-47-60(5)6)55-78-65(70)49-42-35-27-23-21-25-32-39-46-59(3)4/h14-17,59-64,69H,8-13,18-58H2,1-7H3,(H,74,75)(H,76,77)/b15-14-,17-16-/t61?,62?,63-,64-/m1/s1. The normalized spacial score (nSPS) is 14.8. The van der Waals surface area contributed by atoms with Gasteiger partial charge in [-0.15, -0.1) is 0 Å². The highest BCUT2D eigenvalue weighted by molar-refractivity contribution is 7.47. The number of aliphatic hydroxyl groups is 1. The van der Waals surface area contributed by atoms with E-state index in [0.717, 1.165) is 121 Å². The molecule has 0 amide bonds. The number of carbonyl (C=O) groups is 4. The molecule has 0 saturated heterocycles. The average Bonchev–Trinajstić information content (AvgIpc) is 3.65. The van der Waals surface area contributed by atoms with Gasteiger partial charge in [-0.1, -0.05) is 259 Å². The molecule has 0 saturated carbocycles. The molecule has 0 aromatic carbocycles. The fraction of sp³-hybridized carbons (Fsp3) is 0.882. The van der Waals surface area contributed by atoms with Gasteiger partial charge >= 0.3 is 39.5 Å². The van der Waals surface area contributed by atoms with E-state index in [2.05, 4.69) is 72.8 Å². The zero-order valence-electron chi connectivity index (χ0n) is 56.0. The second-order valence-electron chi connectivity index (χ2n) is 25.1. The summed E-state index contributed by atoms with van der Waals surface area (Å²) in [5.74, 6) is 0.00502. The van der Waals surface area contributed by atoms with Gasteiger partial charge in [-0.2, -0.15) is 0 Å². The molecular weight excluding hydrogens is 1150 g/mol. The van der Waals surface area contributed by atoms with Gasteiger partial charge in [-0.05, 0) is 69.1 Å². The minimum Gasteiger partial charge on any atom is -0.462 e. The predicted molar refractivity (Wildman–Crippen MR) is 349 cm³/mol. The molecule has 19 heteroatoms. The molecule has 0 bridgehead atoms. The van der Waals surface area contributed by atoms with Crippen molar-refractivity contribution < 1.29 is 80.2 Å². The Balaban J connectivity index is 5.29. The van der Waals surface area contributed by atoms with Crippen LogP contribution in [0.2, 0.25) is 0 Å². The zero-order valence-corrected chi connectivity index (χ0v) is 57.7. The maximum Gasteiger partial charge on any atom is 0.472 e. The van der Waals surface area contributed by atoms with Crippen LogP contribution in [0, 0.1) is 17.8 Å². The van der Waals surface area contributed by atoms with Crippen molar-refractivity contribution in [3.8, 4) is 0 Å². The zero-order chi connectivity index (χ0) is 64.5. The molecule has 0 aromatic heterocycles. The van der Waals surface area contributed by atoms with E-state index in [1.165, 1.54) is 103 Å². The molecule has 0 rings (SSSR count). The average molecular weight is 1280 g/mol. The van der Waals surface area contributed by atoms with E-state index in [0.29, 0.717) is 31.6 Å². The predicted octanol–water partition coefficient (Wildman–Crippen LogP) is 18.6. The van der Waals surface area contributed by atoms with Crippen LogP contribution in [-0.2, 0) is 65.4 Å². The minimum atomic E-state index is -4.96. The van der Waals surface area contributed by atoms with Gasteiger partial charge in [0, 0.05) is 25.7 Å². The number of phosphoric ester groups is 2. The molecule has 0 heterocycles. The lowest BCUT2D eigenvalue weighted by Crippen LogP contribution is -2.30. The number of phosphoric acid groups is 2. The molecule has 3 N–H and O–H groups in total. The molecule has 6 atom stereocenters. The molecule has 4 unspecified atom stereocenters. The van der Waals surface area contributed by atoms with Crippen molar-refractivity contribution >= 4 is 39.5 Å². The summed E-state index contributed by atoms with van der Waals surface area (Å²) in [4.78, 5) is 72.4. The second kappa shape index (κ2) is 58.6. The van der Waals surface area contributed by atoms with Crippen LogP contribution in [0.3, 0.4) is 0 Å². The van der Waals surface area contributed by atoms with Crippen LogP contribution in [-0.4, -0.2) is 96.7 Å². The Labute approximate surface area is 529 Å². The number of hydrogen-bond donors (Lipinski definition) is 3. The van der Waals surface area contributed by atoms with E-state index in [4.69, 9.17) is 37.0 Å². The monoisotopic (exact) mass is 1280 g/mol. The largest absolute Gasteiger partial charge is 0.472 e. The molecule has 0 aromatic rings. The number of aliphatic hydroxyl groups excluding tert-OH is 1. The number of allylic oxidation sites excluding steroid dienone is 4. The lowest BCUT2D eigenvalue weighted by atomic mass is 10.00. The summed E-state index contributed by atoms with van der Waals surface area (Å²) in [5.41, 5.74) is 0. The first kappa shape index (κ1) is 84.5. The van der Waals surface area contributed by atoms with Gasteiger partial charge in [0.25, 0.3) is 0 Å². The first-order valence-corrected chi connectivity index (χ1v) is 37.7. The molecule has 17 nitrogen and oxygen atoms in total. The van der Waals surface area contributed by atoms with Gasteiger partial charge in [-0.3, -0.25) is 37.3 Å². The van der Waals surface area contributed by atoms with Gasteiger partial charge in [0.05, 0.1) is 26.4 Å². The van der Waals surface area contributed by atoms with E-state index in [1.807, 2.05) is 0 Å². The molecule has 87 heavy (non-hydrogen) atoms. The van der Waals surface area contributed by atoms with E-state index in [9.17, 15) is 43.2 Å².